The predicted molar refractivity (Wildman–Crippen MR) is 268 cm³/mol. The van der Waals surface area contributed by atoms with E-state index in [0.717, 1.165) is 0 Å². The van der Waals surface area contributed by atoms with Crippen LogP contribution in [0.2, 0.25) is 0 Å². The quantitative estimate of drug-likeness (QED) is 0.163. The molecule has 8 aromatic rings. The molecule has 2 aliphatic rings. The number of thiophene rings is 1. The molecular formula is C57H55BN2S. The summed E-state index contributed by atoms with van der Waals surface area (Å²) in [5, 5.41) is 3.49. The number of hydrogen-bond donors (Lipinski definition) is 0. The predicted octanol–water partition coefficient (Wildman–Crippen LogP) is 14.5. The van der Waals surface area contributed by atoms with Crippen molar-refractivity contribution in [1.82, 2.24) is 0 Å². The van der Waals surface area contributed by atoms with Gasteiger partial charge in [-0.2, -0.15) is 0 Å². The summed E-state index contributed by atoms with van der Waals surface area (Å²) in [6.45, 7) is 23.1. The summed E-state index contributed by atoms with van der Waals surface area (Å²) in [5.41, 5.74) is 21.6. The van der Waals surface area contributed by atoms with E-state index in [9.17, 15) is 0 Å². The van der Waals surface area contributed by atoms with Gasteiger partial charge in [0.25, 0.3) is 6.71 Å². The molecule has 0 unspecified atom stereocenters. The van der Waals surface area contributed by atoms with Crippen molar-refractivity contribution in [2.45, 2.75) is 85.5 Å². The monoisotopic (exact) mass is 810 g/mol. The highest BCUT2D eigenvalue weighted by Crippen LogP contribution is 2.48. The fraction of sp³-hybridized carbons (Fsp3) is 0.228. The number of fused-ring (bicyclic) bond motifs is 5. The second-order valence-electron chi connectivity index (χ2n) is 20.4. The number of nitrogens with zero attached hydrogens (tertiary/aromatic N) is 2. The molecule has 0 radical (unpaired) electrons. The third-order valence-electron chi connectivity index (χ3n) is 13.0. The number of hydrogen-bond acceptors (Lipinski definition) is 3. The number of anilines is 6. The van der Waals surface area contributed by atoms with Gasteiger partial charge in [0.1, 0.15) is 0 Å². The maximum Gasteiger partial charge on any atom is 0.252 e. The van der Waals surface area contributed by atoms with Crippen LogP contribution in [0.5, 0.6) is 0 Å². The SMILES string of the molecule is Cc1cc2c3c(c1)N(c1ccc(C(C)(C)C)cc1-c1ccccc1)c1ccc(-c4ccc5ccsc5c4)cc1B3c1cc(C(C)(C)C)ccc1N2c1ccc(C(C)(C)C)cc1. The molecule has 61 heavy (non-hydrogen) atoms. The van der Waals surface area contributed by atoms with Crippen LogP contribution < -0.4 is 26.2 Å². The Morgan fingerprint density at radius 3 is 1.69 bits per heavy atom. The molecule has 0 saturated heterocycles. The Hall–Kier alpha value is -5.84. The van der Waals surface area contributed by atoms with Crippen LogP contribution in [0.4, 0.5) is 34.1 Å². The van der Waals surface area contributed by atoms with E-state index in [4.69, 9.17) is 0 Å². The van der Waals surface area contributed by atoms with Crippen LogP contribution in [0, 0.1) is 6.92 Å². The molecule has 2 nitrogen and oxygen atoms in total. The first kappa shape index (κ1) is 39.3. The first-order valence-corrected chi connectivity index (χ1v) is 22.7. The van der Waals surface area contributed by atoms with Crippen molar-refractivity contribution >= 4 is 78.6 Å². The summed E-state index contributed by atoms with van der Waals surface area (Å²) < 4.78 is 1.32. The van der Waals surface area contributed by atoms with E-state index in [-0.39, 0.29) is 23.0 Å². The van der Waals surface area contributed by atoms with Gasteiger partial charge in [-0.1, -0.05) is 147 Å². The van der Waals surface area contributed by atoms with Crippen molar-refractivity contribution < 1.29 is 0 Å². The lowest BCUT2D eigenvalue weighted by molar-refractivity contribution is 0.590. The minimum absolute atomic E-state index is 0.00839. The van der Waals surface area contributed by atoms with Crippen molar-refractivity contribution in [2.75, 3.05) is 9.80 Å². The van der Waals surface area contributed by atoms with Crippen LogP contribution in [0.3, 0.4) is 0 Å². The van der Waals surface area contributed by atoms with E-state index in [2.05, 4.69) is 230 Å². The maximum absolute atomic E-state index is 2.60. The zero-order valence-electron chi connectivity index (χ0n) is 37.3. The largest absolute Gasteiger partial charge is 0.311 e. The zero-order chi connectivity index (χ0) is 42.6. The molecule has 0 N–H and O–H groups in total. The van der Waals surface area contributed by atoms with Crippen LogP contribution in [0.15, 0.2) is 151 Å². The van der Waals surface area contributed by atoms with E-state index in [1.165, 1.54) is 105 Å². The zero-order valence-corrected chi connectivity index (χ0v) is 38.1. The van der Waals surface area contributed by atoms with Gasteiger partial charge in [0.15, 0.2) is 0 Å². The molecule has 7 aromatic carbocycles. The number of benzene rings is 7. The van der Waals surface area contributed by atoms with E-state index >= 15 is 0 Å². The molecule has 0 aliphatic carbocycles. The Morgan fingerprint density at radius 1 is 0.443 bits per heavy atom. The molecule has 1 aromatic heterocycles. The summed E-state index contributed by atoms with van der Waals surface area (Å²) in [5.74, 6) is 0. The fourth-order valence-corrected chi connectivity index (χ4v) is 10.4. The number of rotatable bonds is 4. The van der Waals surface area contributed by atoms with Crippen molar-refractivity contribution in [1.29, 1.82) is 0 Å². The van der Waals surface area contributed by atoms with Gasteiger partial charge in [-0.25, -0.2) is 0 Å². The average molecular weight is 811 g/mol. The molecule has 3 heterocycles. The highest BCUT2D eigenvalue weighted by Gasteiger charge is 2.44. The molecule has 2 aliphatic heterocycles. The van der Waals surface area contributed by atoms with Crippen LogP contribution in [0.25, 0.3) is 32.3 Å². The maximum atomic E-state index is 2.60. The van der Waals surface area contributed by atoms with Crippen LogP contribution in [0.1, 0.15) is 84.6 Å². The Balaban J connectivity index is 1.30. The normalized spacial score (nSPS) is 13.6. The minimum atomic E-state index is -0.0223. The van der Waals surface area contributed by atoms with Crippen LogP contribution >= 0.6 is 11.3 Å². The van der Waals surface area contributed by atoms with Crippen molar-refractivity contribution in [2.24, 2.45) is 0 Å². The van der Waals surface area contributed by atoms with E-state index in [1.807, 2.05) is 11.3 Å². The summed E-state index contributed by atoms with van der Waals surface area (Å²) in [4.78, 5) is 5.15. The first-order valence-electron chi connectivity index (χ1n) is 21.9. The van der Waals surface area contributed by atoms with Gasteiger partial charge in [-0.3, -0.25) is 0 Å². The standard InChI is InChI=1S/C57H55BN2S/c1-36-30-51-54-52(31-36)60(48-26-21-42(56(5,6)7)34-45(48)37-14-12-11-13-15-37)50-25-18-39(40-17-16-38-28-29-61-53(38)33-40)32-46(50)58(54)47-35-43(57(8,9)10)22-27-49(47)59(51)44-23-19-41(20-24-44)55(2,3)4/h11-35H,1-10H3. The summed E-state index contributed by atoms with van der Waals surface area (Å²) in [6, 6.07) is 56.1. The van der Waals surface area contributed by atoms with Gasteiger partial charge in [0, 0.05) is 38.7 Å². The van der Waals surface area contributed by atoms with Gasteiger partial charge >= 0.3 is 0 Å². The second kappa shape index (κ2) is 14.1. The summed E-state index contributed by atoms with van der Waals surface area (Å²) in [6.07, 6.45) is 0. The molecule has 10 rings (SSSR count). The Kier molecular flexibility index (Phi) is 9.09. The van der Waals surface area contributed by atoms with Gasteiger partial charge < -0.3 is 9.80 Å². The second-order valence-corrected chi connectivity index (χ2v) is 21.4. The van der Waals surface area contributed by atoms with Crippen molar-refractivity contribution in [3.63, 3.8) is 0 Å². The summed E-state index contributed by atoms with van der Waals surface area (Å²) >= 11 is 1.81. The van der Waals surface area contributed by atoms with Gasteiger partial charge in [0.05, 0.1) is 5.69 Å². The molecular weight excluding hydrogens is 756 g/mol. The molecule has 0 amide bonds. The highest BCUT2D eigenvalue weighted by molar-refractivity contribution is 7.17. The van der Waals surface area contributed by atoms with Gasteiger partial charge in [0.2, 0.25) is 0 Å². The third-order valence-corrected chi connectivity index (χ3v) is 13.9. The Bertz CT molecular complexity index is 2990. The van der Waals surface area contributed by atoms with E-state index in [1.54, 1.807) is 0 Å². The highest BCUT2D eigenvalue weighted by atomic mass is 32.1. The minimum Gasteiger partial charge on any atom is -0.311 e. The molecule has 0 bridgehead atoms. The lowest BCUT2D eigenvalue weighted by Gasteiger charge is -2.45. The van der Waals surface area contributed by atoms with Crippen LogP contribution in [-0.4, -0.2) is 6.71 Å². The van der Waals surface area contributed by atoms with Gasteiger partial charge in [-0.15, -0.1) is 11.3 Å². The summed E-state index contributed by atoms with van der Waals surface area (Å²) in [7, 11) is 0. The Morgan fingerprint density at radius 2 is 1.00 bits per heavy atom. The Labute approximate surface area is 367 Å². The fourth-order valence-electron chi connectivity index (χ4n) is 9.62. The van der Waals surface area contributed by atoms with Crippen LogP contribution in [-0.2, 0) is 16.2 Å². The lowest BCUT2D eigenvalue weighted by Crippen LogP contribution is -2.61. The number of aryl methyl sites for hydroxylation is 1. The molecule has 0 fully saturated rings. The van der Waals surface area contributed by atoms with Gasteiger partial charge in [-0.05, 0) is 150 Å². The molecule has 4 heteroatoms. The molecule has 0 spiro atoms. The molecule has 302 valence electrons. The van der Waals surface area contributed by atoms with E-state index < -0.39 is 0 Å². The topological polar surface area (TPSA) is 6.48 Å². The van der Waals surface area contributed by atoms with Crippen molar-refractivity contribution in [3.8, 4) is 22.3 Å². The van der Waals surface area contributed by atoms with Crippen molar-refractivity contribution in [3.05, 3.63) is 173 Å². The average Bonchev–Trinajstić information content (AvgIpc) is 3.71. The van der Waals surface area contributed by atoms with E-state index in [0.29, 0.717) is 0 Å². The first-order chi connectivity index (χ1) is 29.0. The lowest BCUT2D eigenvalue weighted by atomic mass is 9.33. The third kappa shape index (κ3) is 6.71. The molecule has 0 saturated carbocycles. The smallest absolute Gasteiger partial charge is 0.252 e. The molecule has 0 atom stereocenters.